The molecule has 1 aromatic rings. The van der Waals surface area contributed by atoms with Crippen LogP contribution >= 0.6 is 0 Å². The van der Waals surface area contributed by atoms with Gasteiger partial charge in [-0.15, -0.1) is 0 Å². The average Bonchev–Trinajstić information content (AvgIpc) is 3.00. The number of carbonyl (C=O) groups excluding carboxylic acids is 1. The molecule has 1 amide bonds. The highest BCUT2D eigenvalue weighted by Gasteiger charge is 2.39. The third-order valence-electron chi connectivity index (χ3n) is 4.24. The van der Waals surface area contributed by atoms with Gasteiger partial charge in [-0.05, 0) is 51.4 Å². The fraction of sp³-hybridized carbons (Fsp3) is 0.688. The molecule has 0 radical (unpaired) electrons. The molecule has 0 saturated carbocycles. The van der Waals surface area contributed by atoms with Crippen LogP contribution in [0.1, 0.15) is 31.9 Å². The van der Waals surface area contributed by atoms with Crippen LogP contribution < -0.4 is 10.6 Å². The fourth-order valence-electron chi connectivity index (χ4n) is 2.88. The van der Waals surface area contributed by atoms with Gasteiger partial charge in [0.2, 0.25) is 5.91 Å². The number of furan rings is 1. The maximum Gasteiger partial charge on any atom is 0.228 e. The molecule has 1 aliphatic rings. The molecule has 0 spiro atoms. The summed E-state index contributed by atoms with van der Waals surface area (Å²) in [5, 5.41) is 6.45. The van der Waals surface area contributed by atoms with Crippen LogP contribution in [0.3, 0.4) is 0 Å². The number of hydrogen-bond donors (Lipinski definition) is 2. The van der Waals surface area contributed by atoms with Crippen LogP contribution in [0, 0.1) is 5.41 Å². The predicted molar refractivity (Wildman–Crippen MR) is 81.0 cm³/mol. The average molecular weight is 294 g/mol. The van der Waals surface area contributed by atoms with Gasteiger partial charge in [0.05, 0.1) is 18.3 Å². The van der Waals surface area contributed by atoms with Gasteiger partial charge in [0.15, 0.2) is 0 Å². The van der Waals surface area contributed by atoms with Gasteiger partial charge in [-0.25, -0.2) is 0 Å². The van der Waals surface area contributed by atoms with E-state index < -0.39 is 0 Å². The van der Waals surface area contributed by atoms with Crippen molar-refractivity contribution in [3.8, 4) is 0 Å². The van der Waals surface area contributed by atoms with E-state index >= 15 is 0 Å². The molecule has 1 unspecified atom stereocenters. The summed E-state index contributed by atoms with van der Waals surface area (Å²) < 4.78 is 10.6. The number of amides is 1. The second-order valence-electron chi connectivity index (χ2n) is 5.96. The molecular formula is C16H26N2O3. The molecule has 2 heterocycles. The molecule has 1 aromatic heterocycles. The molecule has 5 heteroatoms. The maximum atomic E-state index is 12.6. The second-order valence-corrected chi connectivity index (χ2v) is 5.96. The van der Waals surface area contributed by atoms with Gasteiger partial charge in [0.25, 0.3) is 0 Å². The molecule has 0 aliphatic carbocycles. The Morgan fingerprint density at radius 3 is 2.90 bits per heavy atom. The lowest BCUT2D eigenvalue weighted by molar-refractivity contribution is -0.136. The Bertz CT molecular complexity index is 419. The Labute approximate surface area is 126 Å². The normalized spacial score (nSPS) is 19.1. The van der Waals surface area contributed by atoms with Crippen molar-refractivity contribution in [2.75, 3.05) is 26.8 Å². The number of methoxy groups -OCH3 is 1. The maximum absolute atomic E-state index is 12.6. The standard InChI is InChI=1S/C16H26N2O3/c1-13(5-6-14-4-3-11-21-14)18-15(19)16(12-20-2)7-9-17-10-8-16/h3-4,11,13,17H,5-10,12H2,1-2H3,(H,18,19). The van der Waals surface area contributed by atoms with E-state index in [4.69, 9.17) is 9.15 Å². The van der Waals surface area contributed by atoms with Crippen molar-refractivity contribution in [1.82, 2.24) is 10.6 Å². The van der Waals surface area contributed by atoms with E-state index in [0.717, 1.165) is 44.5 Å². The Hall–Kier alpha value is -1.33. The van der Waals surface area contributed by atoms with Crippen LogP contribution in [0.25, 0.3) is 0 Å². The lowest BCUT2D eigenvalue weighted by atomic mass is 9.78. The lowest BCUT2D eigenvalue weighted by Crippen LogP contribution is -2.52. The number of nitrogens with one attached hydrogen (secondary N) is 2. The molecule has 1 saturated heterocycles. The highest BCUT2D eigenvalue weighted by atomic mass is 16.5. The zero-order valence-electron chi connectivity index (χ0n) is 13.0. The molecule has 1 atom stereocenters. The first-order valence-corrected chi connectivity index (χ1v) is 7.69. The van der Waals surface area contributed by atoms with Crippen LogP contribution in [0.4, 0.5) is 0 Å². The molecule has 118 valence electrons. The Morgan fingerprint density at radius 1 is 1.52 bits per heavy atom. The van der Waals surface area contributed by atoms with Crippen molar-refractivity contribution in [3.05, 3.63) is 24.2 Å². The summed E-state index contributed by atoms with van der Waals surface area (Å²) in [4.78, 5) is 12.6. The third-order valence-corrected chi connectivity index (χ3v) is 4.24. The van der Waals surface area contributed by atoms with Crippen molar-refractivity contribution in [2.45, 2.75) is 38.6 Å². The molecule has 2 N–H and O–H groups in total. The van der Waals surface area contributed by atoms with Crippen molar-refractivity contribution < 1.29 is 13.9 Å². The molecule has 5 nitrogen and oxygen atoms in total. The molecule has 0 aromatic carbocycles. The number of hydrogen-bond acceptors (Lipinski definition) is 4. The summed E-state index contributed by atoms with van der Waals surface area (Å²) in [5.41, 5.74) is -0.376. The molecule has 21 heavy (non-hydrogen) atoms. The fourth-order valence-corrected chi connectivity index (χ4v) is 2.88. The van der Waals surface area contributed by atoms with Crippen LogP contribution in [0.15, 0.2) is 22.8 Å². The largest absolute Gasteiger partial charge is 0.469 e. The van der Waals surface area contributed by atoms with Gasteiger partial charge in [-0.2, -0.15) is 0 Å². The van der Waals surface area contributed by atoms with Crippen LogP contribution in [-0.2, 0) is 16.0 Å². The van der Waals surface area contributed by atoms with E-state index in [9.17, 15) is 4.79 Å². The number of aryl methyl sites for hydroxylation is 1. The van der Waals surface area contributed by atoms with Gasteiger partial charge in [-0.1, -0.05) is 0 Å². The van der Waals surface area contributed by atoms with E-state index in [-0.39, 0.29) is 17.4 Å². The van der Waals surface area contributed by atoms with Gasteiger partial charge < -0.3 is 19.8 Å². The highest BCUT2D eigenvalue weighted by Crippen LogP contribution is 2.29. The van der Waals surface area contributed by atoms with Crippen molar-refractivity contribution in [1.29, 1.82) is 0 Å². The zero-order valence-corrected chi connectivity index (χ0v) is 13.0. The quantitative estimate of drug-likeness (QED) is 0.804. The zero-order chi connectivity index (χ0) is 15.1. The molecule has 2 rings (SSSR count). The first-order chi connectivity index (χ1) is 10.2. The summed E-state index contributed by atoms with van der Waals surface area (Å²) in [5.74, 6) is 1.09. The van der Waals surface area contributed by atoms with Crippen LogP contribution in [0.2, 0.25) is 0 Å². The van der Waals surface area contributed by atoms with Crippen LogP contribution in [-0.4, -0.2) is 38.8 Å². The van der Waals surface area contributed by atoms with E-state index in [2.05, 4.69) is 10.6 Å². The number of ether oxygens (including phenoxy) is 1. The van der Waals surface area contributed by atoms with Gasteiger partial charge in [-0.3, -0.25) is 4.79 Å². The molecular weight excluding hydrogens is 268 g/mol. The summed E-state index contributed by atoms with van der Waals surface area (Å²) in [6.07, 6.45) is 5.06. The minimum absolute atomic E-state index is 0.123. The second kappa shape index (κ2) is 7.61. The Kier molecular flexibility index (Phi) is 5.82. The monoisotopic (exact) mass is 294 g/mol. The molecule has 0 bridgehead atoms. The number of carbonyl (C=O) groups is 1. The summed E-state index contributed by atoms with van der Waals surface area (Å²) in [6, 6.07) is 3.99. The predicted octanol–water partition coefficient (Wildman–Crippen LogP) is 1.73. The van der Waals surface area contributed by atoms with E-state index in [0.29, 0.717) is 6.61 Å². The first-order valence-electron chi connectivity index (χ1n) is 7.69. The number of rotatable bonds is 7. The third kappa shape index (κ3) is 4.32. The minimum atomic E-state index is -0.376. The lowest BCUT2D eigenvalue weighted by Gasteiger charge is -2.36. The van der Waals surface area contributed by atoms with Crippen LogP contribution in [0.5, 0.6) is 0 Å². The summed E-state index contributed by atoms with van der Waals surface area (Å²) in [7, 11) is 1.66. The topological polar surface area (TPSA) is 63.5 Å². The Morgan fingerprint density at radius 2 is 2.29 bits per heavy atom. The number of piperidine rings is 1. The van der Waals surface area contributed by atoms with E-state index in [1.54, 1.807) is 13.4 Å². The summed E-state index contributed by atoms with van der Waals surface area (Å²) in [6.45, 7) is 4.28. The first kappa shape index (κ1) is 16.0. The van der Waals surface area contributed by atoms with Crippen molar-refractivity contribution in [2.24, 2.45) is 5.41 Å². The van der Waals surface area contributed by atoms with Crippen molar-refractivity contribution in [3.63, 3.8) is 0 Å². The SMILES string of the molecule is COCC1(C(=O)NC(C)CCc2ccco2)CCNCC1. The molecule has 1 aliphatic heterocycles. The van der Waals surface area contributed by atoms with Gasteiger partial charge in [0.1, 0.15) is 5.76 Å². The Balaban J connectivity index is 1.85. The van der Waals surface area contributed by atoms with Crippen molar-refractivity contribution >= 4 is 5.91 Å². The molecule has 1 fully saturated rings. The summed E-state index contributed by atoms with van der Waals surface area (Å²) >= 11 is 0. The van der Waals surface area contributed by atoms with Gasteiger partial charge >= 0.3 is 0 Å². The highest BCUT2D eigenvalue weighted by molar-refractivity contribution is 5.83. The van der Waals surface area contributed by atoms with Gasteiger partial charge in [0, 0.05) is 19.6 Å². The minimum Gasteiger partial charge on any atom is -0.469 e. The van der Waals surface area contributed by atoms with E-state index in [1.807, 2.05) is 19.1 Å². The van der Waals surface area contributed by atoms with E-state index in [1.165, 1.54) is 0 Å². The smallest absolute Gasteiger partial charge is 0.228 e.